The van der Waals surface area contributed by atoms with Crippen LogP contribution in [0.25, 0.3) is 0 Å². The van der Waals surface area contributed by atoms with Gasteiger partial charge in [-0.2, -0.15) is 0 Å². The van der Waals surface area contributed by atoms with E-state index in [4.69, 9.17) is 13.9 Å². The molecule has 196 valence electrons. The summed E-state index contributed by atoms with van der Waals surface area (Å²) >= 11 is 0. The van der Waals surface area contributed by atoms with Gasteiger partial charge in [0.2, 0.25) is 0 Å². The summed E-state index contributed by atoms with van der Waals surface area (Å²) in [6.45, 7) is 18.2. The van der Waals surface area contributed by atoms with Crippen molar-refractivity contribution < 1.29 is 28.3 Å². The molecule has 0 aliphatic heterocycles. The summed E-state index contributed by atoms with van der Waals surface area (Å²) in [6.07, 6.45) is 3.06. The van der Waals surface area contributed by atoms with Crippen molar-refractivity contribution in [2.24, 2.45) is 0 Å². The molecule has 0 saturated heterocycles. The largest absolute Gasteiger partial charge is 0.463 e. The summed E-state index contributed by atoms with van der Waals surface area (Å²) in [5, 5.41) is -0.0190. The first-order valence-electron chi connectivity index (χ1n) is 12.2. The molecule has 0 aliphatic rings. The van der Waals surface area contributed by atoms with E-state index in [0.29, 0.717) is 25.0 Å². The van der Waals surface area contributed by atoms with Gasteiger partial charge >= 0.3 is 12.1 Å². The highest BCUT2D eigenvalue weighted by molar-refractivity contribution is 6.74. The predicted octanol–water partition coefficient (Wildman–Crippen LogP) is 6.35. The van der Waals surface area contributed by atoms with Crippen LogP contribution in [-0.4, -0.2) is 56.0 Å². The zero-order valence-electron chi connectivity index (χ0n) is 22.8. The van der Waals surface area contributed by atoms with Crippen LogP contribution < -0.4 is 0 Å². The van der Waals surface area contributed by atoms with Gasteiger partial charge in [0, 0.05) is 18.2 Å². The summed E-state index contributed by atoms with van der Waals surface area (Å²) in [5.74, 6) is -0.838. The van der Waals surface area contributed by atoms with E-state index in [-0.39, 0.29) is 17.7 Å². The molecular formula is C27H43NO6Si. The Hall–Kier alpha value is -2.45. The summed E-state index contributed by atoms with van der Waals surface area (Å²) in [6, 6.07) is 8.66. The van der Waals surface area contributed by atoms with Crippen LogP contribution in [0, 0.1) is 0 Å². The third-order valence-electron chi connectivity index (χ3n) is 5.74. The lowest BCUT2D eigenvalue weighted by atomic mass is 10.1. The molecule has 0 bridgehead atoms. The molecule has 1 aromatic carbocycles. The molecule has 1 rings (SSSR count). The Morgan fingerprint density at radius 3 is 2.14 bits per heavy atom. The molecular weight excluding hydrogens is 462 g/mol. The average molecular weight is 506 g/mol. The Morgan fingerprint density at radius 1 is 1.03 bits per heavy atom. The number of hydrogen-bond acceptors (Lipinski definition) is 6. The number of benzene rings is 1. The molecule has 0 spiro atoms. The van der Waals surface area contributed by atoms with Gasteiger partial charge in [0.15, 0.2) is 8.32 Å². The van der Waals surface area contributed by atoms with Crippen molar-refractivity contribution in [3.63, 3.8) is 0 Å². The molecule has 1 atom stereocenters. The monoisotopic (exact) mass is 505 g/mol. The minimum Gasteiger partial charge on any atom is -0.463 e. The van der Waals surface area contributed by atoms with Gasteiger partial charge in [-0.1, -0.05) is 39.0 Å². The van der Waals surface area contributed by atoms with Crippen LogP contribution in [0.3, 0.4) is 0 Å². The van der Waals surface area contributed by atoms with Crippen LogP contribution in [-0.2, 0) is 18.7 Å². The van der Waals surface area contributed by atoms with E-state index < -0.39 is 31.9 Å². The fraction of sp³-hybridized carbons (Fsp3) is 0.593. The average Bonchev–Trinajstić information content (AvgIpc) is 2.73. The Kier molecular flexibility index (Phi) is 11.4. The molecule has 2 amide bonds. The van der Waals surface area contributed by atoms with Crippen LogP contribution in [0.1, 0.15) is 71.7 Å². The lowest BCUT2D eigenvalue weighted by Gasteiger charge is -2.38. The molecule has 0 aromatic heterocycles. The van der Waals surface area contributed by atoms with Crippen molar-refractivity contribution in [1.82, 2.24) is 4.90 Å². The quantitative estimate of drug-likeness (QED) is 0.209. The van der Waals surface area contributed by atoms with Gasteiger partial charge in [-0.05, 0) is 76.9 Å². The number of imide groups is 1. The fourth-order valence-electron chi connectivity index (χ4n) is 2.91. The van der Waals surface area contributed by atoms with Gasteiger partial charge < -0.3 is 13.9 Å². The first kappa shape index (κ1) is 30.6. The van der Waals surface area contributed by atoms with Crippen molar-refractivity contribution in [1.29, 1.82) is 0 Å². The number of rotatable bonds is 10. The predicted molar refractivity (Wildman–Crippen MR) is 141 cm³/mol. The van der Waals surface area contributed by atoms with Crippen LogP contribution in [0.5, 0.6) is 0 Å². The third kappa shape index (κ3) is 10.8. The Bertz CT molecular complexity index is 868. The van der Waals surface area contributed by atoms with Crippen LogP contribution in [0.15, 0.2) is 42.5 Å². The SMILES string of the molecule is CCOC(=O)/C=C\[C@H](CCCN(C(=O)OC(C)(C)C)C(=O)c1ccccc1)O[Si](C)(C)C(C)(C)C. The lowest BCUT2D eigenvalue weighted by molar-refractivity contribution is -0.137. The van der Waals surface area contributed by atoms with Crippen LogP contribution in [0.4, 0.5) is 4.79 Å². The zero-order valence-corrected chi connectivity index (χ0v) is 23.8. The molecule has 8 heteroatoms. The standard InChI is InChI=1S/C27H43NO6Si/c1-10-32-23(29)19-18-22(34-35(8,9)27(5,6)7)17-14-20-28(25(31)33-26(2,3)4)24(30)21-15-12-11-13-16-21/h11-13,15-16,18-19,22H,10,14,17,20H2,1-9H3/b19-18-/t22-/m0/s1. The molecule has 0 heterocycles. The molecule has 0 radical (unpaired) electrons. The van der Waals surface area contributed by atoms with Gasteiger partial charge in [0.25, 0.3) is 5.91 Å². The molecule has 0 saturated carbocycles. The first-order valence-corrected chi connectivity index (χ1v) is 15.1. The maximum Gasteiger partial charge on any atom is 0.417 e. The van der Waals surface area contributed by atoms with E-state index >= 15 is 0 Å². The highest BCUT2D eigenvalue weighted by atomic mass is 28.4. The van der Waals surface area contributed by atoms with E-state index in [1.54, 1.807) is 58.0 Å². The second-order valence-corrected chi connectivity index (χ2v) is 15.7. The van der Waals surface area contributed by atoms with Crippen LogP contribution in [0.2, 0.25) is 18.1 Å². The summed E-state index contributed by atoms with van der Waals surface area (Å²) < 4.78 is 17.0. The minimum absolute atomic E-state index is 0.0190. The summed E-state index contributed by atoms with van der Waals surface area (Å²) in [5.41, 5.74) is -0.322. The van der Waals surface area contributed by atoms with Crippen molar-refractivity contribution in [3.05, 3.63) is 48.0 Å². The van der Waals surface area contributed by atoms with E-state index in [0.717, 1.165) is 4.90 Å². The molecule has 0 fully saturated rings. The van der Waals surface area contributed by atoms with Crippen molar-refractivity contribution in [2.45, 2.75) is 91.1 Å². The minimum atomic E-state index is -2.14. The van der Waals surface area contributed by atoms with Gasteiger partial charge in [-0.3, -0.25) is 4.79 Å². The Labute approximate surface area is 211 Å². The third-order valence-corrected chi connectivity index (χ3v) is 10.2. The number of carbonyl (C=O) groups is 3. The fourth-order valence-corrected chi connectivity index (χ4v) is 4.21. The number of amides is 2. The van der Waals surface area contributed by atoms with E-state index in [2.05, 4.69) is 33.9 Å². The summed E-state index contributed by atoms with van der Waals surface area (Å²) in [7, 11) is -2.14. The molecule has 35 heavy (non-hydrogen) atoms. The molecule has 7 nitrogen and oxygen atoms in total. The van der Waals surface area contributed by atoms with E-state index in [1.165, 1.54) is 6.08 Å². The van der Waals surface area contributed by atoms with Crippen molar-refractivity contribution in [3.8, 4) is 0 Å². The molecule has 0 aliphatic carbocycles. The summed E-state index contributed by atoms with van der Waals surface area (Å²) in [4.78, 5) is 39.0. The Balaban J connectivity index is 3.05. The topological polar surface area (TPSA) is 82.1 Å². The maximum atomic E-state index is 13.1. The number of ether oxygens (including phenoxy) is 2. The molecule has 0 N–H and O–H groups in total. The van der Waals surface area contributed by atoms with Crippen molar-refractivity contribution in [2.75, 3.05) is 13.2 Å². The number of nitrogens with zero attached hydrogens (tertiary/aromatic N) is 1. The van der Waals surface area contributed by atoms with Crippen LogP contribution >= 0.6 is 0 Å². The second kappa shape index (κ2) is 13.0. The van der Waals surface area contributed by atoms with E-state index in [9.17, 15) is 14.4 Å². The van der Waals surface area contributed by atoms with Crippen molar-refractivity contribution >= 4 is 26.3 Å². The van der Waals surface area contributed by atoms with Gasteiger partial charge in [0.1, 0.15) is 5.60 Å². The smallest absolute Gasteiger partial charge is 0.417 e. The van der Waals surface area contributed by atoms with Gasteiger partial charge in [-0.15, -0.1) is 0 Å². The number of hydrogen-bond donors (Lipinski definition) is 0. The zero-order chi connectivity index (χ0) is 26.9. The Morgan fingerprint density at radius 2 is 1.63 bits per heavy atom. The van der Waals surface area contributed by atoms with E-state index in [1.807, 2.05) is 6.07 Å². The first-order chi connectivity index (χ1) is 16.1. The van der Waals surface area contributed by atoms with Gasteiger partial charge in [0.05, 0.1) is 12.7 Å². The maximum absolute atomic E-state index is 13.1. The lowest BCUT2D eigenvalue weighted by Crippen LogP contribution is -2.44. The molecule has 1 aromatic rings. The second-order valence-electron chi connectivity index (χ2n) is 11.0. The highest BCUT2D eigenvalue weighted by Crippen LogP contribution is 2.38. The number of esters is 1. The highest BCUT2D eigenvalue weighted by Gasteiger charge is 2.39. The van der Waals surface area contributed by atoms with Gasteiger partial charge in [-0.25, -0.2) is 14.5 Å². The molecule has 0 unspecified atom stereocenters. The number of carbonyl (C=O) groups excluding carboxylic acids is 3. The normalized spacial score (nSPS) is 13.4.